The molecule has 5 aromatic rings. The number of para-hydroxylation sites is 1. The van der Waals surface area contributed by atoms with E-state index in [4.69, 9.17) is 8.94 Å². The first kappa shape index (κ1) is 17.0. The molecule has 29 heavy (non-hydrogen) atoms. The lowest BCUT2D eigenvalue weighted by Crippen LogP contribution is -2.19. The lowest BCUT2D eigenvalue weighted by Gasteiger charge is -2.09. The van der Waals surface area contributed by atoms with Gasteiger partial charge in [0.1, 0.15) is 11.3 Å². The number of amides is 1. The van der Waals surface area contributed by atoms with Gasteiger partial charge in [0.05, 0.1) is 0 Å². The summed E-state index contributed by atoms with van der Waals surface area (Å²) in [6.07, 6.45) is 1.61. The maximum Gasteiger partial charge on any atom is 0.291 e. The highest BCUT2D eigenvalue weighted by atomic mass is 16.5. The second-order valence-corrected chi connectivity index (χ2v) is 6.66. The van der Waals surface area contributed by atoms with Gasteiger partial charge in [-0.1, -0.05) is 29.4 Å². The molecule has 0 aliphatic carbocycles. The molecule has 7 heteroatoms. The Morgan fingerprint density at radius 3 is 2.69 bits per heavy atom. The summed E-state index contributed by atoms with van der Waals surface area (Å²) >= 11 is 0. The van der Waals surface area contributed by atoms with Crippen LogP contribution in [0.4, 0.5) is 5.69 Å². The molecule has 1 amide bonds. The van der Waals surface area contributed by atoms with Crippen molar-refractivity contribution in [1.29, 1.82) is 0 Å². The third kappa shape index (κ3) is 2.89. The van der Waals surface area contributed by atoms with E-state index in [0.717, 1.165) is 5.39 Å². The third-order valence-corrected chi connectivity index (χ3v) is 4.71. The van der Waals surface area contributed by atoms with Crippen molar-refractivity contribution in [3.63, 3.8) is 0 Å². The molecule has 5 rings (SSSR count). The molecule has 0 saturated heterocycles. The van der Waals surface area contributed by atoms with E-state index in [9.17, 15) is 9.59 Å². The van der Waals surface area contributed by atoms with E-state index in [2.05, 4.69) is 10.5 Å². The molecule has 2 aromatic carbocycles. The third-order valence-electron chi connectivity index (χ3n) is 4.71. The summed E-state index contributed by atoms with van der Waals surface area (Å²) in [6.45, 7) is 1.76. The van der Waals surface area contributed by atoms with Gasteiger partial charge < -0.3 is 14.3 Å². The van der Waals surface area contributed by atoms with Crippen LogP contribution in [0.5, 0.6) is 0 Å². The van der Waals surface area contributed by atoms with Gasteiger partial charge in [-0.15, -0.1) is 0 Å². The van der Waals surface area contributed by atoms with Crippen LogP contribution >= 0.6 is 0 Å². The van der Waals surface area contributed by atoms with Gasteiger partial charge in [0.15, 0.2) is 11.6 Å². The zero-order valence-corrected chi connectivity index (χ0v) is 15.4. The van der Waals surface area contributed by atoms with Crippen LogP contribution in [0.2, 0.25) is 0 Å². The van der Waals surface area contributed by atoms with Crippen LogP contribution in [0.1, 0.15) is 16.3 Å². The quantitative estimate of drug-likeness (QED) is 0.500. The van der Waals surface area contributed by atoms with Gasteiger partial charge in [0, 0.05) is 34.1 Å². The number of aromatic nitrogens is 2. The van der Waals surface area contributed by atoms with Gasteiger partial charge in [-0.2, -0.15) is 0 Å². The number of anilines is 1. The van der Waals surface area contributed by atoms with E-state index in [1.165, 1.54) is 4.57 Å². The topological polar surface area (TPSA) is 90.3 Å². The average molecular weight is 385 g/mol. The number of furan rings is 1. The van der Waals surface area contributed by atoms with Gasteiger partial charge in [-0.3, -0.25) is 14.2 Å². The summed E-state index contributed by atoms with van der Waals surface area (Å²) in [5, 5.41) is 8.65. The molecule has 1 N–H and O–H groups in total. The standard InChI is InChI=1S/C22H15N3O4/c1-13-11-20(24-29-13)25-10-9-15-16(22(25)27)6-4-7-17(15)23-21(26)19-12-14-5-2-3-8-18(14)28-19/h2-12H,1H3,(H,23,26). The molecular formula is C22H15N3O4. The number of aryl methyl sites for hydroxylation is 1. The number of nitrogens with zero attached hydrogens (tertiary/aromatic N) is 2. The summed E-state index contributed by atoms with van der Waals surface area (Å²) in [5.74, 6) is 0.838. The molecule has 0 fully saturated rings. The molecule has 0 unspecified atom stereocenters. The fourth-order valence-corrected chi connectivity index (χ4v) is 3.31. The second-order valence-electron chi connectivity index (χ2n) is 6.66. The van der Waals surface area contributed by atoms with Gasteiger partial charge in [-0.25, -0.2) is 0 Å². The summed E-state index contributed by atoms with van der Waals surface area (Å²) in [4.78, 5) is 25.6. The van der Waals surface area contributed by atoms with Crippen molar-refractivity contribution in [2.24, 2.45) is 0 Å². The first-order valence-corrected chi connectivity index (χ1v) is 8.98. The molecule has 3 aromatic heterocycles. The van der Waals surface area contributed by atoms with Crippen LogP contribution in [-0.2, 0) is 0 Å². The van der Waals surface area contributed by atoms with Crippen LogP contribution in [-0.4, -0.2) is 15.6 Å². The van der Waals surface area contributed by atoms with Crippen molar-refractivity contribution in [3.05, 3.63) is 88.7 Å². The number of pyridine rings is 1. The number of carbonyl (C=O) groups is 1. The Bertz CT molecular complexity index is 1410. The molecule has 0 aliphatic rings. The zero-order chi connectivity index (χ0) is 20.0. The highest BCUT2D eigenvalue weighted by molar-refractivity contribution is 6.09. The number of fused-ring (bicyclic) bond motifs is 2. The number of nitrogens with one attached hydrogen (secondary N) is 1. The van der Waals surface area contributed by atoms with Crippen LogP contribution in [0.25, 0.3) is 27.6 Å². The maximum atomic E-state index is 12.9. The fraction of sp³-hybridized carbons (Fsp3) is 0.0455. The van der Waals surface area contributed by atoms with E-state index >= 15 is 0 Å². The molecule has 0 atom stereocenters. The van der Waals surface area contributed by atoms with E-state index in [1.807, 2.05) is 18.2 Å². The number of benzene rings is 2. The monoisotopic (exact) mass is 385 g/mol. The molecule has 0 spiro atoms. The molecule has 3 heterocycles. The smallest absolute Gasteiger partial charge is 0.291 e. The predicted octanol–water partition coefficient (Wildman–Crippen LogP) is 4.29. The molecule has 0 aliphatic heterocycles. The van der Waals surface area contributed by atoms with Crippen LogP contribution in [0.3, 0.4) is 0 Å². The van der Waals surface area contributed by atoms with Crippen LogP contribution < -0.4 is 10.9 Å². The Hall–Kier alpha value is -4.13. The highest BCUT2D eigenvalue weighted by Gasteiger charge is 2.15. The van der Waals surface area contributed by atoms with Crippen LogP contribution in [0.15, 0.2) is 80.6 Å². The Morgan fingerprint density at radius 2 is 1.90 bits per heavy atom. The van der Waals surface area contributed by atoms with Crippen molar-refractivity contribution in [1.82, 2.24) is 9.72 Å². The fourth-order valence-electron chi connectivity index (χ4n) is 3.31. The molecule has 0 saturated carbocycles. The van der Waals surface area contributed by atoms with Crippen molar-refractivity contribution in [2.45, 2.75) is 6.92 Å². The first-order chi connectivity index (χ1) is 14.1. The summed E-state index contributed by atoms with van der Waals surface area (Å²) in [5.41, 5.74) is 0.908. The Kier molecular flexibility index (Phi) is 3.80. The summed E-state index contributed by atoms with van der Waals surface area (Å²) < 4.78 is 12.1. The normalized spacial score (nSPS) is 11.2. The Balaban J connectivity index is 1.54. The molecule has 142 valence electrons. The number of rotatable bonds is 3. The van der Waals surface area contributed by atoms with Crippen molar-refractivity contribution < 1.29 is 13.7 Å². The predicted molar refractivity (Wildman–Crippen MR) is 109 cm³/mol. The molecule has 0 radical (unpaired) electrons. The van der Waals surface area contributed by atoms with E-state index in [1.54, 1.807) is 55.6 Å². The van der Waals surface area contributed by atoms with E-state index in [0.29, 0.717) is 33.6 Å². The van der Waals surface area contributed by atoms with Gasteiger partial charge in [-0.05, 0) is 37.3 Å². The van der Waals surface area contributed by atoms with E-state index < -0.39 is 0 Å². The minimum Gasteiger partial charge on any atom is -0.451 e. The van der Waals surface area contributed by atoms with Crippen LogP contribution in [0, 0.1) is 6.92 Å². The van der Waals surface area contributed by atoms with E-state index in [-0.39, 0.29) is 17.2 Å². The highest BCUT2D eigenvalue weighted by Crippen LogP contribution is 2.24. The molecule has 0 bridgehead atoms. The lowest BCUT2D eigenvalue weighted by molar-refractivity contribution is 0.0999. The molecule has 7 nitrogen and oxygen atoms in total. The van der Waals surface area contributed by atoms with Gasteiger partial charge in [0.2, 0.25) is 0 Å². The van der Waals surface area contributed by atoms with Gasteiger partial charge in [0.25, 0.3) is 11.5 Å². The lowest BCUT2D eigenvalue weighted by atomic mass is 10.1. The number of hydrogen-bond donors (Lipinski definition) is 1. The Labute approximate surface area is 164 Å². The molecular weight excluding hydrogens is 370 g/mol. The minimum absolute atomic E-state index is 0.203. The average Bonchev–Trinajstić information content (AvgIpc) is 3.35. The van der Waals surface area contributed by atoms with Crippen molar-refractivity contribution in [2.75, 3.05) is 5.32 Å². The second kappa shape index (κ2) is 6.49. The van der Waals surface area contributed by atoms with Crippen molar-refractivity contribution >= 4 is 33.3 Å². The minimum atomic E-state index is -0.384. The number of hydrogen-bond acceptors (Lipinski definition) is 5. The summed E-state index contributed by atoms with van der Waals surface area (Å²) in [7, 11) is 0. The summed E-state index contributed by atoms with van der Waals surface area (Å²) in [6, 6.07) is 17.7. The first-order valence-electron chi connectivity index (χ1n) is 8.98. The largest absolute Gasteiger partial charge is 0.451 e. The maximum absolute atomic E-state index is 12.9. The van der Waals surface area contributed by atoms with Gasteiger partial charge >= 0.3 is 0 Å². The Morgan fingerprint density at radius 1 is 1.03 bits per heavy atom. The SMILES string of the molecule is Cc1cc(-n2ccc3c(NC(=O)c4cc5ccccc5o4)cccc3c2=O)no1. The number of carbonyl (C=O) groups excluding carboxylic acids is 1. The van der Waals surface area contributed by atoms with Crippen molar-refractivity contribution in [3.8, 4) is 5.82 Å². The zero-order valence-electron chi connectivity index (χ0n) is 15.4.